The summed E-state index contributed by atoms with van der Waals surface area (Å²) in [5, 5.41) is 0. The Balaban J connectivity index is 1.33. The van der Waals surface area contributed by atoms with E-state index in [1.165, 1.54) is 42.8 Å². The fourth-order valence-electron chi connectivity index (χ4n) is 5.19. The normalized spacial score (nSPS) is 33.2. The van der Waals surface area contributed by atoms with Gasteiger partial charge in [-0.1, -0.05) is 0 Å². The summed E-state index contributed by atoms with van der Waals surface area (Å²) in [5.41, 5.74) is 0. The number of hydrogen-bond acceptors (Lipinski definition) is 4. The summed E-state index contributed by atoms with van der Waals surface area (Å²) in [7, 11) is -3.12. The molecule has 142 valence electrons. The highest BCUT2D eigenvalue weighted by Crippen LogP contribution is 2.38. The molecule has 0 bridgehead atoms. The number of piperidine rings is 3. The van der Waals surface area contributed by atoms with Crippen LogP contribution in [0, 0.1) is 11.8 Å². The first-order valence-corrected chi connectivity index (χ1v) is 11.8. The Morgan fingerprint density at radius 3 is 2.28 bits per heavy atom. The molecule has 3 aliphatic heterocycles. The molecular weight excluding hydrogens is 338 g/mol. The first kappa shape index (κ1) is 17.7. The third-order valence-corrected chi connectivity index (χ3v) is 8.01. The Morgan fingerprint density at radius 1 is 0.920 bits per heavy atom. The molecule has 0 radical (unpaired) electrons. The molecule has 3 saturated heterocycles. The maximum Gasteiger partial charge on any atom is 0.225 e. The second-order valence-electron chi connectivity index (χ2n) is 8.45. The Labute approximate surface area is 151 Å². The quantitative estimate of drug-likeness (QED) is 0.748. The Bertz CT molecular complexity index is 611. The zero-order valence-corrected chi connectivity index (χ0v) is 16.1. The topological polar surface area (TPSA) is 60.9 Å². The highest BCUT2D eigenvalue weighted by atomic mass is 32.2. The molecule has 3 heterocycles. The van der Waals surface area contributed by atoms with Crippen LogP contribution in [0.2, 0.25) is 0 Å². The zero-order chi connectivity index (χ0) is 17.6. The summed E-state index contributed by atoms with van der Waals surface area (Å²) >= 11 is 0. The van der Waals surface area contributed by atoms with E-state index < -0.39 is 10.0 Å². The van der Waals surface area contributed by atoms with Crippen LogP contribution in [-0.4, -0.2) is 79.5 Å². The molecule has 0 aromatic carbocycles. The smallest absolute Gasteiger partial charge is 0.225 e. The van der Waals surface area contributed by atoms with Gasteiger partial charge in [0.25, 0.3) is 0 Å². The van der Waals surface area contributed by atoms with Crippen LogP contribution in [0.15, 0.2) is 0 Å². The molecular formula is C18H31N3O3S. The van der Waals surface area contributed by atoms with E-state index in [2.05, 4.69) is 9.80 Å². The van der Waals surface area contributed by atoms with Gasteiger partial charge in [-0.25, -0.2) is 12.7 Å². The van der Waals surface area contributed by atoms with E-state index in [1.54, 1.807) is 0 Å². The van der Waals surface area contributed by atoms with Gasteiger partial charge in [-0.05, 0) is 57.4 Å². The summed E-state index contributed by atoms with van der Waals surface area (Å²) in [6, 6.07) is 1.52. The van der Waals surface area contributed by atoms with Gasteiger partial charge in [0.05, 0.1) is 6.26 Å². The summed E-state index contributed by atoms with van der Waals surface area (Å²) in [6.07, 6.45) is 8.98. The van der Waals surface area contributed by atoms with Gasteiger partial charge in [0.15, 0.2) is 0 Å². The second kappa shape index (κ2) is 6.82. The summed E-state index contributed by atoms with van der Waals surface area (Å²) in [6.45, 7) is 4.04. The molecule has 0 aromatic heterocycles. The summed E-state index contributed by atoms with van der Waals surface area (Å²) < 4.78 is 24.8. The molecule has 2 unspecified atom stereocenters. The molecule has 2 atom stereocenters. The van der Waals surface area contributed by atoms with E-state index >= 15 is 0 Å². The molecule has 4 rings (SSSR count). The molecule has 0 spiro atoms. The average Bonchev–Trinajstić information content (AvgIpc) is 3.44. The predicted molar refractivity (Wildman–Crippen MR) is 96.6 cm³/mol. The molecule has 1 amide bonds. The molecule has 1 saturated carbocycles. The monoisotopic (exact) mass is 369 g/mol. The van der Waals surface area contributed by atoms with Gasteiger partial charge in [-0.15, -0.1) is 0 Å². The van der Waals surface area contributed by atoms with E-state index in [4.69, 9.17) is 0 Å². The molecule has 7 heteroatoms. The lowest BCUT2D eigenvalue weighted by molar-refractivity contribution is -0.140. The fourth-order valence-corrected chi connectivity index (χ4v) is 6.07. The molecule has 0 N–H and O–H groups in total. The van der Waals surface area contributed by atoms with E-state index in [9.17, 15) is 13.2 Å². The maximum absolute atomic E-state index is 13.0. The number of nitrogens with zero attached hydrogens (tertiary/aromatic N) is 3. The van der Waals surface area contributed by atoms with Crippen molar-refractivity contribution in [1.29, 1.82) is 0 Å². The minimum Gasteiger partial charge on any atom is -0.342 e. The Hall–Kier alpha value is -0.660. The minimum absolute atomic E-state index is 0.0117. The van der Waals surface area contributed by atoms with Crippen LogP contribution in [0.1, 0.15) is 44.9 Å². The Morgan fingerprint density at radius 2 is 1.64 bits per heavy atom. The van der Waals surface area contributed by atoms with Crippen LogP contribution in [0.3, 0.4) is 0 Å². The lowest BCUT2D eigenvalue weighted by Crippen LogP contribution is -2.56. The molecule has 1 aliphatic carbocycles. The van der Waals surface area contributed by atoms with Crippen LogP contribution in [0.4, 0.5) is 0 Å². The second-order valence-corrected chi connectivity index (χ2v) is 10.4. The van der Waals surface area contributed by atoms with Crippen LogP contribution in [0.25, 0.3) is 0 Å². The fraction of sp³-hybridized carbons (Fsp3) is 0.944. The minimum atomic E-state index is -3.12. The highest BCUT2D eigenvalue weighted by Gasteiger charge is 2.43. The first-order chi connectivity index (χ1) is 11.9. The van der Waals surface area contributed by atoms with Crippen molar-refractivity contribution in [3.05, 3.63) is 0 Å². The van der Waals surface area contributed by atoms with Crippen LogP contribution < -0.4 is 0 Å². The average molecular weight is 370 g/mol. The number of carbonyl (C=O) groups excluding carboxylic acids is 1. The van der Waals surface area contributed by atoms with Gasteiger partial charge >= 0.3 is 0 Å². The molecule has 25 heavy (non-hydrogen) atoms. The van der Waals surface area contributed by atoms with E-state index in [-0.39, 0.29) is 11.8 Å². The third kappa shape index (κ3) is 3.74. The third-order valence-electron chi connectivity index (χ3n) is 6.71. The van der Waals surface area contributed by atoms with E-state index in [0.717, 1.165) is 25.6 Å². The van der Waals surface area contributed by atoms with Crippen molar-refractivity contribution in [2.45, 2.75) is 57.0 Å². The first-order valence-electron chi connectivity index (χ1n) is 9.93. The van der Waals surface area contributed by atoms with Crippen molar-refractivity contribution in [3.8, 4) is 0 Å². The van der Waals surface area contributed by atoms with Gasteiger partial charge in [0.1, 0.15) is 0 Å². The molecule has 0 aromatic rings. The molecule has 6 nitrogen and oxygen atoms in total. The predicted octanol–water partition coefficient (Wildman–Crippen LogP) is 1.13. The maximum atomic E-state index is 13.0. The van der Waals surface area contributed by atoms with Gasteiger partial charge in [0.2, 0.25) is 15.9 Å². The lowest BCUT2D eigenvalue weighted by Gasteiger charge is -2.48. The number of carbonyl (C=O) groups is 1. The number of hydrogen-bond donors (Lipinski definition) is 0. The molecule has 4 aliphatic rings. The zero-order valence-electron chi connectivity index (χ0n) is 15.3. The van der Waals surface area contributed by atoms with Crippen molar-refractivity contribution >= 4 is 15.9 Å². The highest BCUT2D eigenvalue weighted by molar-refractivity contribution is 7.88. The number of likely N-dealkylation sites (tertiary alicyclic amines) is 2. The van der Waals surface area contributed by atoms with Gasteiger partial charge in [-0.3, -0.25) is 9.69 Å². The lowest BCUT2D eigenvalue weighted by atomic mass is 9.83. The number of sulfonamides is 1. The van der Waals surface area contributed by atoms with Gasteiger partial charge in [-0.2, -0.15) is 0 Å². The van der Waals surface area contributed by atoms with Gasteiger partial charge in [0, 0.05) is 44.2 Å². The van der Waals surface area contributed by atoms with Crippen molar-refractivity contribution in [1.82, 2.24) is 14.1 Å². The van der Waals surface area contributed by atoms with Gasteiger partial charge < -0.3 is 4.90 Å². The summed E-state index contributed by atoms with van der Waals surface area (Å²) in [5.74, 6) is 0.927. The largest absolute Gasteiger partial charge is 0.342 e. The number of rotatable bonds is 3. The van der Waals surface area contributed by atoms with Crippen molar-refractivity contribution in [3.63, 3.8) is 0 Å². The van der Waals surface area contributed by atoms with Crippen molar-refractivity contribution in [2.24, 2.45) is 11.8 Å². The SMILES string of the molecule is CS(=O)(=O)N1CCC(C(=O)N2CCC3C(CCCN3C3CC3)C2)CC1. The van der Waals surface area contributed by atoms with Crippen molar-refractivity contribution in [2.75, 3.05) is 39.0 Å². The molecule has 4 fully saturated rings. The van der Waals surface area contributed by atoms with E-state index in [0.29, 0.717) is 37.9 Å². The van der Waals surface area contributed by atoms with Crippen LogP contribution in [-0.2, 0) is 14.8 Å². The standard InChI is InChI=1S/C18H31N3O3S/c1-25(23,24)20-11-6-14(7-12-20)18(22)19-10-8-17-15(13-19)3-2-9-21(17)16-4-5-16/h14-17H,2-13H2,1H3. The van der Waals surface area contributed by atoms with E-state index in [1.807, 2.05) is 0 Å². The number of amides is 1. The summed E-state index contributed by atoms with van der Waals surface area (Å²) in [4.78, 5) is 17.8. The van der Waals surface area contributed by atoms with Crippen LogP contribution >= 0.6 is 0 Å². The van der Waals surface area contributed by atoms with Crippen molar-refractivity contribution < 1.29 is 13.2 Å². The Kier molecular flexibility index (Phi) is 4.84. The van der Waals surface area contributed by atoms with Crippen LogP contribution in [0.5, 0.6) is 0 Å². The number of fused-ring (bicyclic) bond motifs is 1.